The van der Waals surface area contributed by atoms with E-state index in [0.29, 0.717) is 11.3 Å². The fourth-order valence-electron chi connectivity index (χ4n) is 2.75. The summed E-state index contributed by atoms with van der Waals surface area (Å²) in [7, 11) is 0. The standard InChI is InChI=1S/C19H20N4O3/c1-13-10-16(14(2)23(13)17-7-3-4-8-20-17)19(25)22-12-18(24)21-11-15-6-5-9-26-15/h3-10H,11-12H2,1-2H3,(H,21,24)(H,22,25). The Morgan fingerprint density at radius 1 is 1.15 bits per heavy atom. The number of hydrogen-bond donors (Lipinski definition) is 2. The number of furan rings is 1. The van der Waals surface area contributed by atoms with Crippen LogP contribution in [0.25, 0.3) is 5.82 Å². The first-order valence-corrected chi connectivity index (χ1v) is 8.24. The molecule has 0 aromatic carbocycles. The van der Waals surface area contributed by atoms with Gasteiger partial charge in [0.2, 0.25) is 5.91 Å². The van der Waals surface area contributed by atoms with E-state index in [0.717, 1.165) is 17.2 Å². The maximum atomic E-state index is 12.5. The summed E-state index contributed by atoms with van der Waals surface area (Å²) in [6, 6.07) is 10.9. The molecule has 134 valence electrons. The van der Waals surface area contributed by atoms with Crippen molar-refractivity contribution in [2.75, 3.05) is 6.54 Å². The van der Waals surface area contributed by atoms with Crippen LogP contribution in [0.3, 0.4) is 0 Å². The average Bonchev–Trinajstić information content (AvgIpc) is 3.26. The molecule has 3 aromatic heterocycles. The lowest BCUT2D eigenvalue weighted by Crippen LogP contribution is -2.36. The van der Waals surface area contributed by atoms with Crippen molar-refractivity contribution in [1.29, 1.82) is 0 Å². The quantitative estimate of drug-likeness (QED) is 0.711. The van der Waals surface area contributed by atoms with Gasteiger partial charge in [0.05, 0.1) is 24.9 Å². The number of carbonyl (C=O) groups is 2. The van der Waals surface area contributed by atoms with Crippen molar-refractivity contribution >= 4 is 11.8 Å². The van der Waals surface area contributed by atoms with E-state index in [2.05, 4.69) is 15.6 Å². The first kappa shape index (κ1) is 17.5. The van der Waals surface area contributed by atoms with Gasteiger partial charge in [0.15, 0.2) is 0 Å². The largest absolute Gasteiger partial charge is 0.467 e. The third kappa shape index (κ3) is 3.83. The highest BCUT2D eigenvalue weighted by Gasteiger charge is 2.17. The molecule has 26 heavy (non-hydrogen) atoms. The van der Waals surface area contributed by atoms with Gasteiger partial charge >= 0.3 is 0 Å². The number of aromatic nitrogens is 2. The molecule has 0 spiro atoms. The molecule has 3 aromatic rings. The van der Waals surface area contributed by atoms with E-state index < -0.39 is 0 Å². The molecule has 0 fully saturated rings. The lowest BCUT2D eigenvalue weighted by molar-refractivity contribution is -0.120. The Morgan fingerprint density at radius 3 is 2.69 bits per heavy atom. The smallest absolute Gasteiger partial charge is 0.253 e. The highest BCUT2D eigenvalue weighted by atomic mass is 16.3. The molecule has 0 radical (unpaired) electrons. The number of rotatable bonds is 6. The van der Waals surface area contributed by atoms with Crippen LogP contribution >= 0.6 is 0 Å². The molecule has 0 aliphatic carbocycles. The normalized spacial score (nSPS) is 10.5. The minimum atomic E-state index is -0.298. The molecule has 7 heteroatoms. The fraction of sp³-hybridized carbons (Fsp3) is 0.211. The van der Waals surface area contributed by atoms with Gasteiger partial charge in [-0.15, -0.1) is 0 Å². The molecule has 0 bridgehead atoms. The molecular formula is C19H20N4O3. The molecule has 0 atom stereocenters. The SMILES string of the molecule is Cc1cc(C(=O)NCC(=O)NCc2ccco2)c(C)n1-c1ccccn1. The van der Waals surface area contributed by atoms with E-state index in [9.17, 15) is 9.59 Å². The number of pyridine rings is 1. The van der Waals surface area contributed by atoms with Gasteiger partial charge in [0.25, 0.3) is 5.91 Å². The van der Waals surface area contributed by atoms with Crippen LogP contribution in [0.2, 0.25) is 0 Å². The Labute approximate surface area is 151 Å². The average molecular weight is 352 g/mol. The Hall–Kier alpha value is -3.35. The van der Waals surface area contributed by atoms with Crippen LogP contribution in [0, 0.1) is 13.8 Å². The molecule has 0 aliphatic rings. The molecule has 2 N–H and O–H groups in total. The second kappa shape index (κ2) is 7.69. The Balaban J connectivity index is 1.62. The molecule has 0 unspecified atom stereocenters. The van der Waals surface area contributed by atoms with Gasteiger partial charge in [-0.1, -0.05) is 6.07 Å². The first-order valence-electron chi connectivity index (χ1n) is 8.24. The van der Waals surface area contributed by atoms with Crippen LogP contribution in [-0.2, 0) is 11.3 Å². The van der Waals surface area contributed by atoms with Crippen LogP contribution in [-0.4, -0.2) is 27.9 Å². The number of nitrogens with one attached hydrogen (secondary N) is 2. The maximum Gasteiger partial charge on any atom is 0.253 e. The highest BCUT2D eigenvalue weighted by molar-refractivity contribution is 5.97. The number of aryl methyl sites for hydroxylation is 1. The highest BCUT2D eigenvalue weighted by Crippen LogP contribution is 2.19. The van der Waals surface area contributed by atoms with Crippen LogP contribution in [0.5, 0.6) is 0 Å². The molecule has 7 nitrogen and oxygen atoms in total. The van der Waals surface area contributed by atoms with E-state index in [4.69, 9.17) is 4.42 Å². The third-order valence-corrected chi connectivity index (χ3v) is 4.00. The van der Waals surface area contributed by atoms with Gasteiger partial charge < -0.3 is 19.6 Å². The Kier molecular flexibility index (Phi) is 5.17. The fourth-order valence-corrected chi connectivity index (χ4v) is 2.75. The summed E-state index contributed by atoms with van der Waals surface area (Å²) in [4.78, 5) is 28.7. The number of amides is 2. The van der Waals surface area contributed by atoms with Gasteiger partial charge in [0.1, 0.15) is 11.6 Å². The first-order chi connectivity index (χ1) is 12.6. The molecule has 0 saturated heterocycles. The monoisotopic (exact) mass is 352 g/mol. The summed E-state index contributed by atoms with van der Waals surface area (Å²) in [5, 5.41) is 5.33. The van der Waals surface area contributed by atoms with E-state index in [1.807, 2.05) is 36.6 Å². The third-order valence-electron chi connectivity index (χ3n) is 4.00. The van der Waals surface area contributed by atoms with E-state index in [1.165, 1.54) is 0 Å². The van der Waals surface area contributed by atoms with Crippen molar-refractivity contribution in [3.8, 4) is 5.82 Å². The summed E-state index contributed by atoms with van der Waals surface area (Å²) < 4.78 is 7.05. The Morgan fingerprint density at radius 2 is 2.00 bits per heavy atom. The summed E-state index contributed by atoms with van der Waals surface area (Å²) >= 11 is 0. The van der Waals surface area contributed by atoms with Crippen LogP contribution in [0.1, 0.15) is 27.5 Å². The van der Waals surface area contributed by atoms with Crippen molar-refractivity contribution in [2.24, 2.45) is 0 Å². The molecular weight excluding hydrogens is 332 g/mol. The molecule has 0 aliphatic heterocycles. The lowest BCUT2D eigenvalue weighted by atomic mass is 10.2. The zero-order valence-electron chi connectivity index (χ0n) is 14.7. The topological polar surface area (TPSA) is 89.2 Å². The van der Waals surface area contributed by atoms with Crippen LogP contribution in [0.4, 0.5) is 0 Å². The van der Waals surface area contributed by atoms with Crippen LogP contribution < -0.4 is 10.6 Å². The lowest BCUT2D eigenvalue weighted by Gasteiger charge is -2.09. The van der Waals surface area contributed by atoms with Gasteiger partial charge in [-0.2, -0.15) is 0 Å². The summed E-state index contributed by atoms with van der Waals surface area (Å²) in [6.07, 6.45) is 3.25. The number of hydrogen-bond acceptors (Lipinski definition) is 4. The molecule has 0 saturated carbocycles. The van der Waals surface area contributed by atoms with Gasteiger partial charge in [-0.3, -0.25) is 9.59 Å². The number of carbonyl (C=O) groups excluding carboxylic acids is 2. The van der Waals surface area contributed by atoms with E-state index >= 15 is 0 Å². The van der Waals surface area contributed by atoms with Crippen molar-refractivity contribution in [3.63, 3.8) is 0 Å². The zero-order chi connectivity index (χ0) is 18.5. The van der Waals surface area contributed by atoms with Gasteiger partial charge in [0, 0.05) is 17.6 Å². The minimum absolute atomic E-state index is 0.104. The molecule has 2 amide bonds. The van der Waals surface area contributed by atoms with Gasteiger partial charge in [-0.25, -0.2) is 4.98 Å². The van der Waals surface area contributed by atoms with Crippen molar-refractivity contribution in [2.45, 2.75) is 20.4 Å². The van der Waals surface area contributed by atoms with E-state index in [-0.39, 0.29) is 24.9 Å². The summed E-state index contributed by atoms with van der Waals surface area (Å²) in [6.45, 7) is 3.95. The predicted octanol–water partition coefficient (Wildman–Crippen LogP) is 2.13. The number of nitrogens with zero attached hydrogens (tertiary/aromatic N) is 2. The maximum absolute atomic E-state index is 12.5. The molecule has 3 heterocycles. The second-order valence-electron chi connectivity index (χ2n) is 5.85. The second-order valence-corrected chi connectivity index (χ2v) is 5.85. The predicted molar refractivity (Wildman–Crippen MR) is 95.9 cm³/mol. The van der Waals surface area contributed by atoms with Crippen molar-refractivity contribution < 1.29 is 14.0 Å². The van der Waals surface area contributed by atoms with Crippen molar-refractivity contribution in [1.82, 2.24) is 20.2 Å². The van der Waals surface area contributed by atoms with Crippen LogP contribution in [0.15, 0.2) is 53.3 Å². The van der Waals surface area contributed by atoms with Crippen molar-refractivity contribution in [3.05, 3.63) is 71.6 Å². The molecule has 3 rings (SSSR count). The van der Waals surface area contributed by atoms with E-state index in [1.54, 1.807) is 30.7 Å². The summed E-state index contributed by atoms with van der Waals surface area (Å²) in [5.74, 6) is 0.822. The van der Waals surface area contributed by atoms with Gasteiger partial charge in [-0.05, 0) is 44.2 Å². The summed E-state index contributed by atoms with van der Waals surface area (Å²) in [5.41, 5.74) is 2.19. The Bertz CT molecular complexity index is 899. The minimum Gasteiger partial charge on any atom is -0.467 e. The zero-order valence-corrected chi connectivity index (χ0v) is 14.7.